The summed E-state index contributed by atoms with van der Waals surface area (Å²) in [6.45, 7) is 0.676. The van der Waals surface area contributed by atoms with Crippen molar-refractivity contribution in [3.63, 3.8) is 0 Å². The van der Waals surface area contributed by atoms with Crippen molar-refractivity contribution >= 4 is 68.9 Å². The smallest absolute Gasteiger partial charge is 0.415 e. The number of rotatable bonds is 6. The predicted molar refractivity (Wildman–Crippen MR) is 110 cm³/mol. The van der Waals surface area contributed by atoms with Crippen molar-refractivity contribution in [2.45, 2.75) is 12.6 Å². The van der Waals surface area contributed by atoms with Gasteiger partial charge in [0.05, 0.1) is 26.6 Å². The van der Waals surface area contributed by atoms with Gasteiger partial charge in [-0.3, -0.25) is 9.69 Å². The van der Waals surface area contributed by atoms with Crippen LogP contribution in [0.1, 0.15) is 15.2 Å². The van der Waals surface area contributed by atoms with E-state index in [1.54, 1.807) is 25.2 Å². The summed E-state index contributed by atoms with van der Waals surface area (Å²) in [5.74, 6) is -0.276. The fourth-order valence-electron chi connectivity index (χ4n) is 2.50. The molecule has 1 atom stereocenters. The Balaban J connectivity index is 1.60. The van der Waals surface area contributed by atoms with Crippen molar-refractivity contribution < 1.29 is 19.1 Å². The van der Waals surface area contributed by atoms with E-state index in [2.05, 4.69) is 5.32 Å². The molecule has 4 amide bonds. The predicted octanol–water partition coefficient (Wildman–Crippen LogP) is 3.38. The molecule has 0 saturated carbocycles. The van der Waals surface area contributed by atoms with Crippen LogP contribution in [0.25, 0.3) is 0 Å². The number of ether oxygens (including phenoxy) is 1. The lowest BCUT2D eigenvalue weighted by atomic mass is 10.3. The fraction of sp³-hybridized carbons (Fsp3) is 0.312. The molecule has 2 aromatic rings. The first-order valence-corrected chi connectivity index (χ1v) is 10.4. The number of nitrogens with one attached hydrogen (secondary N) is 1. The Morgan fingerprint density at radius 1 is 1.39 bits per heavy atom. The van der Waals surface area contributed by atoms with E-state index in [4.69, 9.17) is 33.7 Å². The van der Waals surface area contributed by atoms with Crippen LogP contribution in [-0.4, -0.2) is 49.2 Å². The van der Waals surface area contributed by atoms with Crippen molar-refractivity contribution in [2.75, 3.05) is 25.0 Å². The van der Waals surface area contributed by atoms with Gasteiger partial charge in [-0.2, -0.15) is 0 Å². The number of primary amides is 1. The molecule has 0 aliphatic carbocycles. The zero-order chi connectivity index (χ0) is 20.4. The van der Waals surface area contributed by atoms with E-state index in [0.717, 1.165) is 0 Å². The summed E-state index contributed by atoms with van der Waals surface area (Å²) in [5.41, 5.74) is 5.91. The van der Waals surface area contributed by atoms with Crippen molar-refractivity contribution in [2.24, 2.45) is 5.73 Å². The molecule has 2 aromatic heterocycles. The molecule has 1 aliphatic heterocycles. The van der Waals surface area contributed by atoms with Crippen LogP contribution in [0.2, 0.25) is 8.67 Å². The first-order valence-electron chi connectivity index (χ1n) is 8.05. The van der Waals surface area contributed by atoms with Crippen molar-refractivity contribution in [3.05, 3.63) is 37.3 Å². The second kappa shape index (κ2) is 8.56. The van der Waals surface area contributed by atoms with Crippen molar-refractivity contribution in [3.8, 4) is 0 Å². The minimum absolute atomic E-state index is 0.174. The van der Waals surface area contributed by atoms with Crippen molar-refractivity contribution in [1.29, 1.82) is 0 Å². The maximum Gasteiger partial charge on any atom is 0.415 e. The first kappa shape index (κ1) is 20.7. The molecule has 28 heavy (non-hydrogen) atoms. The van der Waals surface area contributed by atoms with E-state index in [1.165, 1.54) is 32.5 Å². The second-order valence-corrected chi connectivity index (χ2v) is 9.36. The van der Waals surface area contributed by atoms with E-state index in [9.17, 15) is 14.4 Å². The van der Waals surface area contributed by atoms with Gasteiger partial charge in [-0.1, -0.05) is 23.2 Å². The van der Waals surface area contributed by atoms with E-state index in [-0.39, 0.29) is 25.5 Å². The number of nitrogens with two attached hydrogens (primary N) is 1. The number of cyclic esters (lactones) is 1. The van der Waals surface area contributed by atoms with Gasteiger partial charge in [0, 0.05) is 19.2 Å². The largest absolute Gasteiger partial charge is 0.442 e. The molecule has 3 N–H and O–H groups in total. The summed E-state index contributed by atoms with van der Waals surface area (Å²) in [4.78, 5) is 38.7. The molecular weight excluding hydrogens is 447 g/mol. The number of carbonyl (C=O) groups is 3. The van der Waals surface area contributed by atoms with Crippen LogP contribution in [0.15, 0.2) is 18.2 Å². The molecule has 12 heteroatoms. The molecule has 3 rings (SSSR count). The Morgan fingerprint density at radius 3 is 2.79 bits per heavy atom. The zero-order valence-electron chi connectivity index (χ0n) is 14.6. The van der Waals surface area contributed by atoms with Crippen LogP contribution in [-0.2, 0) is 11.3 Å². The third-order valence-electron chi connectivity index (χ3n) is 3.96. The summed E-state index contributed by atoms with van der Waals surface area (Å²) in [6.07, 6.45) is -1.02. The third kappa shape index (κ3) is 4.69. The van der Waals surface area contributed by atoms with E-state index >= 15 is 0 Å². The molecule has 1 fully saturated rings. The maximum absolute atomic E-state index is 12.2. The normalized spacial score (nSPS) is 16.2. The summed E-state index contributed by atoms with van der Waals surface area (Å²) in [7, 11) is 1.56. The summed E-state index contributed by atoms with van der Waals surface area (Å²) >= 11 is 14.4. The van der Waals surface area contributed by atoms with Gasteiger partial charge in [-0.25, -0.2) is 9.59 Å². The van der Waals surface area contributed by atoms with Crippen LogP contribution in [0.5, 0.6) is 0 Å². The lowest BCUT2D eigenvalue weighted by molar-refractivity contribution is 0.0920. The molecule has 150 valence electrons. The van der Waals surface area contributed by atoms with Crippen molar-refractivity contribution in [1.82, 2.24) is 10.2 Å². The molecule has 1 saturated heterocycles. The van der Waals surface area contributed by atoms with Gasteiger partial charge >= 0.3 is 12.1 Å². The molecule has 0 spiro atoms. The second-order valence-electron chi connectivity index (χ2n) is 6.01. The van der Waals surface area contributed by atoms with Gasteiger partial charge in [-0.05, 0) is 18.2 Å². The Hall–Kier alpha value is -2.01. The highest BCUT2D eigenvalue weighted by atomic mass is 35.5. The Labute approximate surface area is 178 Å². The third-order valence-corrected chi connectivity index (χ3v) is 6.65. The molecular formula is C16H16Cl2N4O4S2. The lowest BCUT2D eigenvalue weighted by Gasteiger charge is -2.13. The number of halogens is 2. The maximum atomic E-state index is 12.2. The standard InChI is InChI=1S/C16H16Cl2N4O4S2/c1-21(15(19)24)6-8-4-12(28-13(8)18)22-7-9(26-16(22)25)5-20-14(23)10-2-3-11(17)27-10/h2-4,9H,5-7H2,1H3,(H2,19,24)(H,20,23)/t9-/m0/s1. The Morgan fingerprint density at radius 2 is 2.14 bits per heavy atom. The number of nitrogens with zero attached hydrogens (tertiary/aromatic N) is 2. The molecule has 8 nitrogen and oxygen atoms in total. The number of hydrogen-bond acceptors (Lipinski definition) is 6. The van der Waals surface area contributed by atoms with Gasteiger partial charge in [0.25, 0.3) is 5.91 Å². The number of anilines is 1. The van der Waals surface area contributed by atoms with E-state index in [0.29, 0.717) is 24.1 Å². The number of urea groups is 1. The number of thiophene rings is 2. The SMILES string of the molecule is CN(Cc1cc(N2C[C@H](CNC(=O)c3ccc(Cl)s3)OC2=O)sc1Cl)C(N)=O. The zero-order valence-corrected chi connectivity index (χ0v) is 17.8. The monoisotopic (exact) mass is 462 g/mol. The van der Waals surface area contributed by atoms with Crippen LogP contribution in [0.4, 0.5) is 14.6 Å². The highest BCUT2D eigenvalue weighted by Gasteiger charge is 2.34. The van der Waals surface area contributed by atoms with Crippen LogP contribution >= 0.6 is 45.9 Å². The minimum Gasteiger partial charge on any atom is -0.442 e. The summed E-state index contributed by atoms with van der Waals surface area (Å²) < 4.78 is 6.30. The molecule has 0 unspecified atom stereocenters. The molecule has 0 radical (unpaired) electrons. The fourth-order valence-corrected chi connectivity index (χ4v) is 4.71. The Bertz CT molecular complexity index is 916. The molecule has 0 aromatic carbocycles. The van der Waals surface area contributed by atoms with Crippen LogP contribution in [0.3, 0.4) is 0 Å². The summed E-state index contributed by atoms with van der Waals surface area (Å²) in [5, 5.41) is 3.33. The lowest BCUT2D eigenvalue weighted by Crippen LogP contribution is -2.34. The van der Waals surface area contributed by atoms with Gasteiger partial charge in [0.15, 0.2) is 0 Å². The minimum atomic E-state index is -0.577. The highest BCUT2D eigenvalue weighted by Crippen LogP contribution is 2.36. The van der Waals surface area contributed by atoms with Crippen LogP contribution in [0, 0.1) is 0 Å². The van der Waals surface area contributed by atoms with Gasteiger partial charge < -0.3 is 20.7 Å². The highest BCUT2D eigenvalue weighted by molar-refractivity contribution is 7.20. The van der Waals surface area contributed by atoms with Gasteiger partial charge in [0.2, 0.25) is 0 Å². The quantitative estimate of drug-likeness (QED) is 0.685. The average molecular weight is 463 g/mol. The summed E-state index contributed by atoms with van der Waals surface area (Å²) in [6, 6.07) is 4.43. The van der Waals surface area contributed by atoms with E-state index in [1.807, 2.05) is 0 Å². The number of amides is 4. The van der Waals surface area contributed by atoms with Gasteiger partial charge in [-0.15, -0.1) is 22.7 Å². The topological polar surface area (TPSA) is 105 Å². The van der Waals surface area contributed by atoms with Crippen LogP contribution < -0.4 is 16.0 Å². The number of hydrogen-bond donors (Lipinski definition) is 2. The molecule has 3 heterocycles. The molecule has 1 aliphatic rings. The van der Waals surface area contributed by atoms with E-state index < -0.39 is 18.2 Å². The average Bonchev–Trinajstić information content (AvgIpc) is 3.32. The van der Waals surface area contributed by atoms with Gasteiger partial charge in [0.1, 0.15) is 11.1 Å². The molecule has 0 bridgehead atoms. The number of carbonyl (C=O) groups excluding carboxylic acids is 3. The Kier molecular flexibility index (Phi) is 6.33. The first-order chi connectivity index (χ1) is 13.2.